The first-order valence-electron chi connectivity index (χ1n) is 7.54. The molecule has 1 aromatic carbocycles. The van der Waals surface area contributed by atoms with Gasteiger partial charge in [0.15, 0.2) is 0 Å². The van der Waals surface area contributed by atoms with E-state index >= 15 is 0 Å². The fourth-order valence-corrected chi connectivity index (χ4v) is 3.00. The number of rotatable bonds is 4. The van der Waals surface area contributed by atoms with Crippen LogP contribution in [0, 0.1) is 0 Å². The van der Waals surface area contributed by atoms with E-state index in [0.717, 1.165) is 10.8 Å². The number of hydrogen-bond acceptors (Lipinski definition) is 4. The van der Waals surface area contributed by atoms with Gasteiger partial charge in [-0.05, 0) is 18.2 Å². The summed E-state index contributed by atoms with van der Waals surface area (Å²) in [4.78, 5) is 28.0. The maximum absolute atomic E-state index is 12.7. The van der Waals surface area contributed by atoms with E-state index in [2.05, 4.69) is 10.3 Å². The van der Waals surface area contributed by atoms with Crippen molar-refractivity contribution in [2.45, 2.75) is 24.8 Å². The molecule has 0 spiro atoms. The van der Waals surface area contributed by atoms with Crippen molar-refractivity contribution in [2.24, 2.45) is 0 Å². The van der Waals surface area contributed by atoms with Crippen molar-refractivity contribution in [3.05, 3.63) is 42.2 Å². The van der Waals surface area contributed by atoms with Gasteiger partial charge in [0, 0.05) is 31.0 Å². The predicted octanol–water partition coefficient (Wildman–Crippen LogP) is 1.99. The minimum absolute atomic E-state index is 0.111. The molecule has 23 heavy (non-hydrogen) atoms. The van der Waals surface area contributed by atoms with Crippen molar-refractivity contribution in [2.75, 3.05) is 13.2 Å². The Morgan fingerprint density at radius 3 is 2.70 bits per heavy atom. The highest BCUT2D eigenvalue weighted by Gasteiger charge is 2.36. The zero-order valence-electron chi connectivity index (χ0n) is 12.6. The highest BCUT2D eigenvalue weighted by Crippen LogP contribution is 2.26. The minimum Gasteiger partial charge on any atom is -0.481 e. The van der Waals surface area contributed by atoms with Crippen LogP contribution in [0.1, 0.15) is 29.6 Å². The molecule has 1 amide bonds. The molecule has 120 valence electrons. The van der Waals surface area contributed by atoms with E-state index in [1.165, 1.54) is 6.20 Å². The first-order valence-corrected chi connectivity index (χ1v) is 7.54. The lowest BCUT2D eigenvalue weighted by Gasteiger charge is -2.36. The number of fused-ring (bicyclic) bond motifs is 1. The number of aliphatic carboxylic acids is 1. The summed E-state index contributed by atoms with van der Waals surface area (Å²) in [6.07, 6.45) is 4.09. The number of nitrogens with zero attached hydrogens (tertiary/aromatic N) is 1. The summed E-state index contributed by atoms with van der Waals surface area (Å²) >= 11 is 0. The van der Waals surface area contributed by atoms with Crippen molar-refractivity contribution in [3.8, 4) is 0 Å². The van der Waals surface area contributed by atoms with E-state index < -0.39 is 11.5 Å². The molecular weight excluding hydrogens is 296 g/mol. The molecule has 0 radical (unpaired) electrons. The van der Waals surface area contributed by atoms with Crippen LogP contribution in [0.5, 0.6) is 0 Å². The lowest BCUT2D eigenvalue weighted by Crippen LogP contribution is -2.53. The van der Waals surface area contributed by atoms with Crippen molar-refractivity contribution in [1.29, 1.82) is 0 Å². The van der Waals surface area contributed by atoms with Crippen molar-refractivity contribution >= 4 is 22.6 Å². The van der Waals surface area contributed by atoms with E-state index in [9.17, 15) is 14.7 Å². The van der Waals surface area contributed by atoms with Crippen LogP contribution in [0.15, 0.2) is 36.7 Å². The van der Waals surface area contributed by atoms with Gasteiger partial charge in [-0.15, -0.1) is 0 Å². The number of aromatic nitrogens is 1. The molecule has 2 heterocycles. The van der Waals surface area contributed by atoms with Gasteiger partial charge in [-0.3, -0.25) is 14.6 Å². The lowest BCUT2D eigenvalue weighted by atomic mass is 9.86. The monoisotopic (exact) mass is 314 g/mol. The number of ether oxygens (including phenoxy) is 1. The molecule has 1 aromatic heterocycles. The summed E-state index contributed by atoms with van der Waals surface area (Å²) in [5.74, 6) is -1.22. The van der Waals surface area contributed by atoms with Crippen LogP contribution in [0.25, 0.3) is 10.8 Å². The Bertz CT molecular complexity index is 733. The SMILES string of the molecule is O=C(O)CC1(NC(=O)c2cncc3ccccc23)CCOCC1. The third-order valence-electron chi connectivity index (χ3n) is 4.23. The predicted molar refractivity (Wildman–Crippen MR) is 84.2 cm³/mol. The van der Waals surface area contributed by atoms with Crippen molar-refractivity contribution in [3.63, 3.8) is 0 Å². The molecule has 1 fully saturated rings. The van der Waals surface area contributed by atoms with E-state index in [1.54, 1.807) is 6.20 Å². The molecule has 6 heteroatoms. The molecule has 2 aromatic rings. The number of carboxylic acids is 1. The zero-order chi connectivity index (χ0) is 16.3. The third kappa shape index (κ3) is 3.32. The molecule has 0 saturated carbocycles. The number of benzene rings is 1. The van der Waals surface area contributed by atoms with Gasteiger partial charge in [0.25, 0.3) is 5.91 Å². The van der Waals surface area contributed by atoms with Crippen LogP contribution < -0.4 is 5.32 Å². The second-order valence-corrected chi connectivity index (χ2v) is 5.83. The Kier molecular flexibility index (Phi) is 4.25. The summed E-state index contributed by atoms with van der Waals surface area (Å²) < 4.78 is 5.31. The van der Waals surface area contributed by atoms with Crippen LogP contribution in [-0.2, 0) is 9.53 Å². The van der Waals surface area contributed by atoms with Gasteiger partial charge >= 0.3 is 5.97 Å². The van der Waals surface area contributed by atoms with E-state index in [4.69, 9.17) is 4.74 Å². The summed E-state index contributed by atoms with van der Waals surface area (Å²) in [5, 5.41) is 13.8. The first kappa shape index (κ1) is 15.4. The number of nitrogens with one attached hydrogen (secondary N) is 1. The molecule has 1 aliphatic rings. The first-order chi connectivity index (χ1) is 11.1. The second-order valence-electron chi connectivity index (χ2n) is 5.83. The number of carboxylic acid groups (broad SMARTS) is 1. The molecule has 2 N–H and O–H groups in total. The van der Waals surface area contributed by atoms with Gasteiger partial charge in [0.2, 0.25) is 0 Å². The van der Waals surface area contributed by atoms with E-state index in [0.29, 0.717) is 31.6 Å². The van der Waals surface area contributed by atoms with Gasteiger partial charge < -0.3 is 15.2 Å². The molecule has 1 aliphatic heterocycles. The van der Waals surface area contributed by atoms with Gasteiger partial charge in [-0.25, -0.2) is 0 Å². The summed E-state index contributed by atoms with van der Waals surface area (Å²) in [7, 11) is 0. The summed E-state index contributed by atoms with van der Waals surface area (Å²) in [5.41, 5.74) is -0.308. The number of amides is 1. The Labute approximate surface area is 133 Å². The maximum atomic E-state index is 12.7. The molecule has 0 atom stereocenters. The minimum atomic E-state index is -0.928. The topological polar surface area (TPSA) is 88.5 Å². The molecule has 0 unspecified atom stereocenters. The molecule has 1 saturated heterocycles. The Morgan fingerprint density at radius 2 is 1.96 bits per heavy atom. The van der Waals surface area contributed by atoms with Gasteiger partial charge in [0.05, 0.1) is 17.5 Å². The summed E-state index contributed by atoms with van der Waals surface area (Å²) in [6.45, 7) is 0.892. The number of carbonyl (C=O) groups excluding carboxylic acids is 1. The average Bonchev–Trinajstić information content (AvgIpc) is 2.54. The molecule has 0 aliphatic carbocycles. The van der Waals surface area contributed by atoms with Crippen LogP contribution >= 0.6 is 0 Å². The largest absolute Gasteiger partial charge is 0.481 e. The van der Waals surface area contributed by atoms with Crippen LogP contribution in [-0.4, -0.2) is 40.7 Å². The quantitative estimate of drug-likeness (QED) is 0.901. The average molecular weight is 314 g/mol. The standard InChI is InChI=1S/C17H18N2O4/c20-15(21)9-17(5-7-23-8-6-17)19-16(22)14-11-18-10-12-3-1-2-4-13(12)14/h1-4,10-11H,5-9H2,(H,19,22)(H,20,21). The lowest BCUT2D eigenvalue weighted by molar-refractivity contribution is -0.139. The van der Waals surface area contributed by atoms with Crippen LogP contribution in [0.3, 0.4) is 0 Å². The highest BCUT2D eigenvalue weighted by molar-refractivity contribution is 6.06. The normalized spacial score (nSPS) is 16.9. The zero-order valence-corrected chi connectivity index (χ0v) is 12.6. The van der Waals surface area contributed by atoms with Crippen LogP contribution in [0.4, 0.5) is 0 Å². The number of carbonyl (C=O) groups is 2. The molecule has 3 rings (SSSR count). The Hall–Kier alpha value is -2.47. The fraction of sp³-hybridized carbons (Fsp3) is 0.353. The van der Waals surface area contributed by atoms with Crippen LogP contribution in [0.2, 0.25) is 0 Å². The number of pyridine rings is 1. The van der Waals surface area contributed by atoms with Crippen molar-refractivity contribution in [1.82, 2.24) is 10.3 Å². The summed E-state index contributed by atoms with van der Waals surface area (Å²) in [6, 6.07) is 7.50. The van der Waals surface area contributed by atoms with Gasteiger partial charge in [-0.1, -0.05) is 24.3 Å². The maximum Gasteiger partial charge on any atom is 0.305 e. The Morgan fingerprint density at radius 1 is 1.22 bits per heavy atom. The van der Waals surface area contributed by atoms with E-state index in [-0.39, 0.29) is 12.3 Å². The molecule has 6 nitrogen and oxygen atoms in total. The van der Waals surface area contributed by atoms with Gasteiger partial charge in [0.1, 0.15) is 0 Å². The molecular formula is C17H18N2O4. The molecule has 0 bridgehead atoms. The van der Waals surface area contributed by atoms with E-state index in [1.807, 2.05) is 24.3 Å². The smallest absolute Gasteiger partial charge is 0.305 e. The highest BCUT2D eigenvalue weighted by atomic mass is 16.5. The Balaban J connectivity index is 1.90. The van der Waals surface area contributed by atoms with Crippen molar-refractivity contribution < 1.29 is 19.4 Å². The third-order valence-corrected chi connectivity index (χ3v) is 4.23. The number of hydrogen-bond donors (Lipinski definition) is 2. The fourth-order valence-electron chi connectivity index (χ4n) is 3.00. The second kappa shape index (κ2) is 6.34. The van der Waals surface area contributed by atoms with Gasteiger partial charge in [-0.2, -0.15) is 0 Å².